The predicted octanol–water partition coefficient (Wildman–Crippen LogP) is 2.03. The molecule has 0 aliphatic carbocycles. The van der Waals surface area contributed by atoms with Crippen LogP contribution in [0, 0.1) is 0 Å². The van der Waals surface area contributed by atoms with E-state index in [1.165, 1.54) is 0 Å². The van der Waals surface area contributed by atoms with Gasteiger partial charge in [0.15, 0.2) is 5.12 Å². The van der Waals surface area contributed by atoms with Crippen molar-refractivity contribution in [1.82, 2.24) is 0 Å². The van der Waals surface area contributed by atoms with E-state index in [1.807, 2.05) is 0 Å². The normalized spacial score (nSPS) is 13.3. The standard InChI is InChI=1S/C4H3F5OS/c5-3(6,1-2(10)11)4(7,8)9/h1H2,(H,10,11). The van der Waals surface area contributed by atoms with Crippen LogP contribution in [-0.2, 0) is 4.79 Å². The Kier molecular flexibility index (Phi) is 2.87. The molecular formula is C4H3F5OS. The molecule has 0 aliphatic rings. The number of hydrogen-bond acceptors (Lipinski definition) is 1. The lowest BCUT2D eigenvalue weighted by molar-refractivity contribution is -0.280. The Bertz CT molecular complexity index is 162. The van der Waals surface area contributed by atoms with Gasteiger partial charge in [-0.25, -0.2) is 0 Å². The highest BCUT2D eigenvalue weighted by molar-refractivity contribution is 7.96. The number of carbonyl (C=O) groups is 1. The molecule has 0 radical (unpaired) electrons. The molecular weight excluding hydrogens is 191 g/mol. The molecule has 0 atom stereocenters. The summed E-state index contributed by atoms with van der Waals surface area (Å²) in [6.45, 7) is 0. The molecule has 0 saturated carbocycles. The Morgan fingerprint density at radius 1 is 1.18 bits per heavy atom. The van der Waals surface area contributed by atoms with Crippen molar-refractivity contribution >= 4 is 17.7 Å². The first-order chi connectivity index (χ1) is 4.67. The minimum absolute atomic E-state index is 1.49. The monoisotopic (exact) mass is 194 g/mol. The van der Waals surface area contributed by atoms with Crippen molar-refractivity contribution in [3.05, 3.63) is 0 Å². The fraction of sp³-hybridized carbons (Fsp3) is 0.750. The third-order valence-electron chi connectivity index (χ3n) is 0.788. The van der Waals surface area contributed by atoms with Crippen molar-refractivity contribution in [2.24, 2.45) is 0 Å². The van der Waals surface area contributed by atoms with Crippen molar-refractivity contribution in [3.8, 4) is 0 Å². The van der Waals surface area contributed by atoms with Crippen LogP contribution in [-0.4, -0.2) is 17.2 Å². The molecule has 7 heteroatoms. The summed E-state index contributed by atoms with van der Waals surface area (Å²) in [4.78, 5) is 9.79. The number of hydrogen-bond donors (Lipinski definition) is 1. The van der Waals surface area contributed by atoms with Crippen molar-refractivity contribution in [2.75, 3.05) is 0 Å². The first-order valence-corrected chi connectivity index (χ1v) is 2.78. The summed E-state index contributed by atoms with van der Waals surface area (Å²) in [7, 11) is 0. The largest absolute Gasteiger partial charge is 0.453 e. The minimum Gasteiger partial charge on any atom is -0.287 e. The van der Waals surface area contributed by atoms with Crippen LogP contribution in [0.1, 0.15) is 6.42 Å². The molecule has 0 aromatic rings. The highest BCUT2D eigenvalue weighted by Crippen LogP contribution is 2.38. The van der Waals surface area contributed by atoms with Gasteiger partial charge in [-0.05, 0) is 0 Å². The van der Waals surface area contributed by atoms with Gasteiger partial charge in [0, 0.05) is 0 Å². The zero-order valence-electron chi connectivity index (χ0n) is 4.95. The molecule has 0 unspecified atom stereocenters. The van der Waals surface area contributed by atoms with Crippen molar-refractivity contribution < 1.29 is 26.7 Å². The molecule has 0 fully saturated rings. The molecule has 66 valence electrons. The summed E-state index contributed by atoms with van der Waals surface area (Å²) >= 11 is 2.80. The molecule has 0 amide bonds. The SMILES string of the molecule is O=C(S)CC(F)(F)C(F)(F)F. The molecule has 0 aliphatic heterocycles. The summed E-state index contributed by atoms with van der Waals surface area (Å²) < 4.78 is 57.3. The Balaban J connectivity index is 4.34. The van der Waals surface area contributed by atoms with Gasteiger partial charge in [-0.1, -0.05) is 0 Å². The van der Waals surface area contributed by atoms with Gasteiger partial charge < -0.3 is 0 Å². The van der Waals surface area contributed by atoms with E-state index in [0.29, 0.717) is 0 Å². The van der Waals surface area contributed by atoms with Gasteiger partial charge in [0.1, 0.15) is 0 Å². The van der Waals surface area contributed by atoms with Crippen LogP contribution in [0.2, 0.25) is 0 Å². The number of rotatable bonds is 2. The Labute approximate surface area is 64.0 Å². The third-order valence-corrected chi connectivity index (χ3v) is 0.946. The lowest BCUT2D eigenvalue weighted by Crippen LogP contribution is -2.37. The molecule has 0 N–H and O–H groups in total. The van der Waals surface area contributed by atoms with Gasteiger partial charge in [-0.15, -0.1) is 12.6 Å². The predicted molar refractivity (Wildman–Crippen MR) is 29.6 cm³/mol. The van der Waals surface area contributed by atoms with Crippen molar-refractivity contribution in [1.29, 1.82) is 0 Å². The zero-order valence-corrected chi connectivity index (χ0v) is 5.85. The summed E-state index contributed by atoms with van der Waals surface area (Å²) in [5.41, 5.74) is 0. The van der Waals surface area contributed by atoms with Gasteiger partial charge in [-0.3, -0.25) is 4.79 Å². The Hall–Kier alpha value is -0.330. The summed E-state index contributed by atoms with van der Waals surface area (Å²) in [6, 6.07) is 0. The van der Waals surface area contributed by atoms with E-state index >= 15 is 0 Å². The summed E-state index contributed by atoms with van der Waals surface area (Å²) in [6.07, 6.45) is -7.59. The fourth-order valence-electron chi connectivity index (χ4n) is 0.290. The number of alkyl halides is 5. The van der Waals surface area contributed by atoms with E-state index in [1.54, 1.807) is 0 Å². The van der Waals surface area contributed by atoms with Crippen LogP contribution in [0.25, 0.3) is 0 Å². The fourth-order valence-corrected chi connectivity index (χ4v) is 0.489. The zero-order chi connectivity index (χ0) is 9.28. The maximum absolute atomic E-state index is 11.8. The van der Waals surface area contributed by atoms with E-state index in [4.69, 9.17) is 0 Å². The second kappa shape index (κ2) is 2.96. The molecule has 0 aromatic carbocycles. The second-order valence-corrected chi connectivity index (χ2v) is 2.27. The maximum Gasteiger partial charge on any atom is 0.453 e. The summed E-state index contributed by atoms with van der Waals surface area (Å²) in [5, 5.41) is -1.49. The van der Waals surface area contributed by atoms with Crippen LogP contribution in [0.15, 0.2) is 0 Å². The van der Waals surface area contributed by atoms with Gasteiger partial charge >= 0.3 is 12.1 Å². The van der Waals surface area contributed by atoms with Crippen molar-refractivity contribution in [2.45, 2.75) is 18.5 Å². The molecule has 0 aromatic heterocycles. The first kappa shape index (κ1) is 10.7. The molecule has 11 heavy (non-hydrogen) atoms. The molecule has 1 nitrogen and oxygen atoms in total. The minimum atomic E-state index is -5.68. The third kappa shape index (κ3) is 3.04. The lowest BCUT2D eigenvalue weighted by atomic mass is 10.2. The number of carbonyl (C=O) groups excluding carboxylic acids is 1. The van der Waals surface area contributed by atoms with Crippen LogP contribution in [0.4, 0.5) is 22.0 Å². The Morgan fingerprint density at radius 3 is 1.64 bits per heavy atom. The first-order valence-electron chi connectivity index (χ1n) is 2.33. The van der Waals surface area contributed by atoms with E-state index in [2.05, 4.69) is 12.6 Å². The van der Waals surface area contributed by atoms with Crippen LogP contribution in [0.3, 0.4) is 0 Å². The second-order valence-electron chi connectivity index (χ2n) is 1.77. The van der Waals surface area contributed by atoms with E-state index in [-0.39, 0.29) is 0 Å². The highest BCUT2D eigenvalue weighted by atomic mass is 32.1. The average Bonchev–Trinajstić information content (AvgIpc) is 1.56. The Morgan fingerprint density at radius 2 is 1.55 bits per heavy atom. The topological polar surface area (TPSA) is 17.1 Å². The number of halogens is 5. The molecule has 0 spiro atoms. The maximum atomic E-state index is 11.8. The van der Waals surface area contributed by atoms with Crippen molar-refractivity contribution in [3.63, 3.8) is 0 Å². The molecule has 0 bridgehead atoms. The summed E-state index contributed by atoms with van der Waals surface area (Å²) in [5.74, 6) is -4.97. The van der Waals surface area contributed by atoms with E-state index in [0.717, 1.165) is 0 Å². The van der Waals surface area contributed by atoms with Crippen LogP contribution >= 0.6 is 12.6 Å². The van der Waals surface area contributed by atoms with Gasteiger partial charge in [-0.2, -0.15) is 22.0 Å². The van der Waals surface area contributed by atoms with Crippen LogP contribution in [0.5, 0.6) is 0 Å². The number of thiol groups is 1. The van der Waals surface area contributed by atoms with E-state index in [9.17, 15) is 26.7 Å². The quantitative estimate of drug-likeness (QED) is 0.525. The van der Waals surface area contributed by atoms with Gasteiger partial charge in [0.2, 0.25) is 0 Å². The molecule has 0 rings (SSSR count). The van der Waals surface area contributed by atoms with Gasteiger partial charge in [0.25, 0.3) is 0 Å². The highest BCUT2D eigenvalue weighted by Gasteiger charge is 2.57. The van der Waals surface area contributed by atoms with Gasteiger partial charge in [0.05, 0.1) is 6.42 Å². The lowest BCUT2D eigenvalue weighted by Gasteiger charge is -2.17. The molecule has 0 heterocycles. The van der Waals surface area contributed by atoms with Crippen LogP contribution < -0.4 is 0 Å². The average molecular weight is 194 g/mol. The van der Waals surface area contributed by atoms with E-state index < -0.39 is 23.6 Å². The smallest absolute Gasteiger partial charge is 0.287 e. The molecule has 0 saturated heterocycles.